The van der Waals surface area contributed by atoms with Gasteiger partial charge in [0.2, 0.25) is 5.91 Å². The number of fused-ring (bicyclic) bond motifs is 1. The quantitative estimate of drug-likeness (QED) is 0.313. The Kier molecular flexibility index (Phi) is 6.28. The predicted octanol–water partition coefficient (Wildman–Crippen LogP) is 7.33. The first-order valence-corrected chi connectivity index (χ1v) is 10.5. The van der Waals surface area contributed by atoms with Crippen molar-refractivity contribution in [3.05, 3.63) is 89.4 Å². The average molecular weight is 450 g/mol. The first-order chi connectivity index (χ1) is 15.5. The Bertz CT molecular complexity index is 1310. The first-order valence-electron chi connectivity index (χ1n) is 10.1. The van der Waals surface area contributed by atoms with Crippen LogP contribution in [0.4, 0.5) is 10.1 Å². The van der Waals surface area contributed by atoms with Crippen molar-refractivity contribution in [2.24, 2.45) is 0 Å². The van der Waals surface area contributed by atoms with Gasteiger partial charge in [-0.3, -0.25) is 4.79 Å². The summed E-state index contributed by atoms with van der Waals surface area (Å²) in [7, 11) is 0. The minimum atomic E-state index is -0.491. The van der Waals surface area contributed by atoms with Crippen LogP contribution in [-0.4, -0.2) is 12.5 Å². The summed E-state index contributed by atoms with van der Waals surface area (Å²) in [6.07, 6.45) is 3.12. The second kappa shape index (κ2) is 9.28. The molecule has 1 amide bonds. The molecule has 162 valence electrons. The van der Waals surface area contributed by atoms with Crippen LogP contribution in [0.3, 0.4) is 0 Å². The van der Waals surface area contributed by atoms with E-state index in [4.69, 9.17) is 20.8 Å². The maximum absolute atomic E-state index is 13.9. The fourth-order valence-electron chi connectivity index (χ4n) is 3.50. The number of allylic oxidation sites excluding steroid dienone is 1. The van der Waals surface area contributed by atoms with Gasteiger partial charge in [0.05, 0.1) is 18.6 Å². The zero-order valence-electron chi connectivity index (χ0n) is 17.6. The van der Waals surface area contributed by atoms with Gasteiger partial charge in [-0.2, -0.15) is 0 Å². The molecule has 0 bridgehead atoms. The molecule has 1 heterocycles. The van der Waals surface area contributed by atoms with Gasteiger partial charge in [-0.05, 0) is 55.3 Å². The predicted molar refractivity (Wildman–Crippen MR) is 127 cm³/mol. The molecule has 0 saturated carbocycles. The van der Waals surface area contributed by atoms with Crippen LogP contribution in [0.1, 0.15) is 19.4 Å². The summed E-state index contributed by atoms with van der Waals surface area (Å²) in [5.74, 6) is -0.320. The lowest BCUT2D eigenvalue weighted by atomic mass is 9.99. The van der Waals surface area contributed by atoms with E-state index in [-0.39, 0.29) is 5.69 Å². The van der Waals surface area contributed by atoms with E-state index in [1.165, 1.54) is 18.2 Å². The second-order valence-electron chi connectivity index (χ2n) is 7.23. The van der Waals surface area contributed by atoms with Crippen molar-refractivity contribution in [2.75, 3.05) is 11.9 Å². The van der Waals surface area contributed by atoms with Gasteiger partial charge in [-0.15, -0.1) is 0 Å². The van der Waals surface area contributed by atoms with Gasteiger partial charge in [0.1, 0.15) is 17.1 Å². The number of para-hydroxylation sites is 1. The van der Waals surface area contributed by atoms with Crippen LogP contribution in [0.2, 0.25) is 5.02 Å². The van der Waals surface area contributed by atoms with E-state index in [1.807, 2.05) is 50.2 Å². The molecule has 0 unspecified atom stereocenters. The van der Waals surface area contributed by atoms with Crippen LogP contribution < -0.4 is 10.1 Å². The highest BCUT2D eigenvalue weighted by Crippen LogP contribution is 2.37. The molecule has 0 spiro atoms. The molecule has 0 aliphatic heterocycles. The van der Waals surface area contributed by atoms with Gasteiger partial charge >= 0.3 is 0 Å². The van der Waals surface area contributed by atoms with Crippen molar-refractivity contribution < 1.29 is 18.3 Å². The van der Waals surface area contributed by atoms with Gasteiger partial charge in [-0.25, -0.2) is 4.39 Å². The van der Waals surface area contributed by atoms with E-state index in [1.54, 1.807) is 18.4 Å². The first kappa shape index (κ1) is 21.7. The Labute approximate surface area is 190 Å². The highest BCUT2D eigenvalue weighted by Gasteiger charge is 2.15. The van der Waals surface area contributed by atoms with Gasteiger partial charge in [0, 0.05) is 33.7 Å². The molecular formula is C26H21ClFNO3. The van der Waals surface area contributed by atoms with Crippen LogP contribution in [0, 0.1) is 5.82 Å². The average Bonchev–Trinajstić information content (AvgIpc) is 3.18. The van der Waals surface area contributed by atoms with E-state index < -0.39 is 11.7 Å². The Morgan fingerprint density at radius 1 is 1.16 bits per heavy atom. The SMILES string of the molecule is CCOc1cc2occ(-c3ccc(Cl)cc3)c2cc1/C(C)=C/C(=O)Nc1ccccc1F. The maximum atomic E-state index is 13.9. The van der Waals surface area contributed by atoms with E-state index in [0.717, 1.165) is 22.1 Å². The maximum Gasteiger partial charge on any atom is 0.248 e. The number of ether oxygens (including phenoxy) is 1. The molecule has 4 aromatic rings. The third-order valence-corrected chi connectivity index (χ3v) is 5.29. The second-order valence-corrected chi connectivity index (χ2v) is 7.67. The van der Waals surface area contributed by atoms with Crippen LogP contribution >= 0.6 is 11.6 Å². The fourth-order valence-corrected chi connectivity index (χ4v) is 3.62. The number of benzene rings is 3. The summed E-state index contributed by atoms with van der Waals surface area (Å²) < 4.78 is 25.5. The summed E-state index contributed by atoms with van der Waals surface area (Å²) in [6, 6.07) is 17.3. The number of hydrogen-bond acceptors (Lipinski definition) is 3. The van der Waals surface area contributed by atoms with Crippen LogP contribution in [0.5, 0.6) is 5.75 Å². The van der Waals surface area contributed by atoms with Gasteiger partial charge < -0.3 is 14.5 Å². The third kappa shape index (κ3) is 4.53. The minimum Gasteiger partial charge on any atom is -0.493 e. The van der Waals surface area contributed by atoms with E-state index in [0.29, 0.717) is 28.5 Å². The lowest BCUT2D eigenvalue weighted by Gasteiger charge is -2.12. The molecule has 0 atom stereocenters. The monoisotopic (exact) mass is 449 g/mol. The topological polar surface area (TPSA) is 51.5 Å². The Morgan fingerprint density at radius 3 is 2.62 bits per heavy atom. The van der Waals surface area contributed by atoms with Crippen molar-refractivity contribution >= 4 is 39.7 Å². The Hall–Kier alpha value is -3.57. The molecule has 32 heavy (non-hydrogen) atoms. The van der Waals surface area contributed by atoms with Crippen molar-refractivity contribution in [3.8, 4) is 16.9 Å². The zero-order chi connectivity index (χ0) is 22.7. The Morgan fingerprint density at radius 2 is 1.91 bits per heavy atom. The molecule has 1 aromatic heterocycles. The number of hydrogen-bond donors (Lipinski definition) is 1. The molecule has 0 radical (unpaired) electrons. The largest absolute Gasteiger partial charge is 0.493 e. The molecule has 4 nitrogen and oxygen atoms in total. The summed E-state index contributed by atoms with van der Waals surface area (Å²) >= 11 is 6.02. The molecule has 1 N–H and O–H groups in total. The molecule has 0 fully saturated rings. The summed E-state index contributed by atoms with van der Waals surface area (Å²) in [5, 5.41) is 4.11. The number of anilines is 1. The van der Waals surface area contributed by atoms with Crippen molar-refractivity contribution in [1.29, 1.82) is 0 Å². The lowest BCUT2D eigenvalue weighted by Crippen LogP contribution is -2.10. The summed E-state index contributed by atoms with van der Waals surface area (Å²) in [4.78, 5) is 12.5. The Balaban J connectivity index is 1.73. The summed E-state index contributed by atoms with van der Waals surface area (Å²) in [6.45, 7) is 4.16. The minimum absolute atomic E-state index is 0.127. The number of carbonyl (C=O) groups excluding carboxylic acids is 1. The van der Waals surface area contributed by atoms with Crippen molar-refractivity contribution in [2.45, 2.75) is 13.8 Å². The van der Waals surface area contributed by atoms with Crippen LogP contribution in [0.25, 0.3) is 27.7 Å². The molecule has 0 aliphatic rings. The number of amides is 1. The zero-order valence-corrected chi connectivity index (χ0v) is 18.4. The highest BCUT2D eigenvalue weighted by atomic mass is 35.5. The smallest absolute Gasteiger partial charge is 0.248 e. The van der Waals surface area contributed by atoms with Gasteiger partial charge in [-0.1, -0.05) is 35.9 Å². The van der Waals surface area contributed by atoms with Crippen molar-refractivity contribution in [1.82, 2.24) is 0 Å². The van der Waals surface area contributed by atoms with Crippen LogP contribution in [-0.2, 0) is 4.79 Å². The third-order valence-electron chi connectivity index (χ3n) is 5.03. The number of carbonyl (C=O) groups is 1. The normalized spacial score (nSPS) is 11.6. The molecule has 3 aromatic carbocycles. The van der Waals surface area contributed by atoms with E-state index in [9.17, 15) is 9.18 Å². The number of halogens is 2. The highest BCUT2D eigenvalue weighted by molar-refractivity contribution is 6.30. The van der Waals surface area contributed by atoms with E-state index >= 15 is 0 Å². The number of furan rings is 1. The van der Waals surface area contributed by atoms with Crippen LogP contribution in [0.15, 0.2) is 77.4 Å². The molecule has 0 aliphatic carbocycles. The summed E-state index contributed by atoms with van der Waals surface area (Å²) in [5.41, 5.74) is 4.09. The molecule has 0 saturated heterocycles. The molecule has 4 rings (SSSR count). The van der Waals surface area contributed by atoms with Gasteiger partial charge in [0.25, 0.3) is 0 Å². The standard InChI is InChI=1S/C26H21ClFNO3/c1-3-31-24-14-25-20(21(15-32-25)17-8-10-18(27)11-9-17)13-19(24)16(2)12-26(30)29-23-7-5-4-6-22(23)28/h4-15H,3H2,1-2H3,(H,29,30)/b16-12+. The molecule has 6 heteroatoms. The number of rotatable bonds is 6. The van der Waals surface area contributed by atoms with E-state index in [2.05, 4.69) is 5.32 Å². The van der Waals surface area contributed by atoms with Crippen molar-refractivity contribution in [3.63, 3.8) is 0 Å². The number of nitrogens with one attached hydrogen (secondary N) is 1. The fraction of sp³-hybridized carbons (Fsp3) is 0.115. The molecular weight excluding hydrogens is 429 g/mol. The lowest BCUT2D eigenvalue weighted by molar-refractivity contribution is -0.111. The van der Waals surface area contributed by atoms with Gasteiger partial charge in [0.15, 0.2) is 0 Å².